The lowest BCUT2D eigenvalue weighted by Gasteiger charge is -2.21. The number of carbonyl (C=O) groups excluding carboxylic acids is 1. The molecule has 1 heterocycles. The number of thiazole rings is 1. The number of nitrogens with one attached hydrogen (secondary N) is 2. The Morgan fingerprint density at radius 2 is 2.00 bits per heavy atom. The van der Waals surface area contributed by atoms with Gasteiger partial charge < -0.3 is 15.5 Å². The maximum Gasteiger partial charge on any atom is 0.251 e. The molecule has 28 heavy (non-hydrogen) atoms. The van der Waals surface area contributed by atoms with Gasteiger partial charge in [-0.05, 0) is 38.0 Å². The van der Waals surface area contributed by atoms with Crippen LogP contribution in [0.4, 0.5) is 0 Å². The van der Waals surface area contributed by atoms with E-state index in [1.54, 1.807) is 18.4 Å². The first-order chi connectivity index (χ1) is 12.9. The maximum atomic E-state index is 12.1. The van der Waals surface area contributed by atoms with E-state index in [1.807, 2.05) is 50.1 Å². The van der Waals surface area contributed by atoms with Crippen LogP contribution in [0, 0.1) is 6.92 Å². The summed E-state index contributed by atoms with van der Waals surface area (Å²) in [5, 5.41) is 9.47. The van der Waals surface area contributed by atoms with Crippen LogP contribution >= 0.6 is 35.3 Å². The van der Waals surface area contributed by atoms with Crippen molar-refractivity contribution >= 4 is 47.2 Å². The van der Waals surface area contributed by atoms with Crippen LogP contribution in [0.25, 0.3) is 0 Å². The van der Waals surface area contributed by atoms with Crippen molar-refractivity contribution in [1.29, 1.82) is 0 Å². The first kappa shape index (κ1) is 24.4. The van der Waals surface area contributed by atoms with E-state index in [0.717, 1.165) is 28.6 Å². The van der Waals surface area contributed by atoms with E-state index in [1.165, 1.54) is 0 Å². The fourth-order valence-corrected chi connectivity index (χ4v) is 3.15. The van der Waals surface area contributed by atoms with Gasteiger partial charge in [0.15, 0.2) is 5.96 Å². The second-order valence-electron chi connectivity index (χ2n) is 6.59. The number of hydrogen-bond donors (Lipinski definition) is 2. The average Bonchev–Trinajstić information content (AvgIpc) is 3.07. The topological polar surface area (TPSA) is 69.6 Å². The summed E-state index contributed by atoms with van der Waals surface area (Å²) in [5.74, 6) is 0.775. The molecular formula is C20H30IN5OS. The van der Waals surface area contributed by atoms with E-state index in [2.05, 4.69) is 32.9 Å². The zero-order valence-corrected chi connectivity index (χ0v) is 20.3. The molecule has 2 aromatic rings. The smallest absolute Gasteiger partial charge is 0.251 e. The number of hydrogen-bond acceptors (Lipinski definition) is 4. The summed E-state index contributed by atoms with van der Waals surface area (Å²) in [5.41, 5.74) is 2.81. The number of aryl methyl sites for hydroxylation is 1. The van der Waals surface area contributed by atoms with Crippen molar-refractivity contribution < 1.29 is 4.79 Å². The average molecular weight is 515 g/mol. The number of halogens is 1. The first-order valence-corrected chi connectivity index (χ1v) is 10.0. The minimum atomic E-state index is -0.0297. The van der Waals surface area contributed by atoms with Gasteiger partial charge in [0.05, 0.1) is 17.2 Å². The molecule has 2 rings (SSSR count). The molecule has 0 radical (unpaired) electrons. The molecule has 1 aromatic heterocycles. The van der Waals surface area contributed by atoms with Crippen LogP contribution in [0.15, 0.2) is 34.6 Å². The number of guanidine groups is 1. The van der Waals surface area contributed by atoms with E-state index < -0.39 is 0 Å². The monoisotopic (exact) mass is 515 g/mol. The van der Waals surface area contributed by atoms with Gasteiger partial charge in [0.25, 0.3) is 5.91 Å². The molecular weight excluding hydrogens is 485 g/mol. The molecule has 8 heteroatoms. The van der Waals surface area contributed by atoms with Crippen molar-refractivity contribution in [2.75, 3.05) is 14.1 Å². The number of aliphatic imine (C=N–C) groups is 1. The molecule has 154 valence electrons. The van der Waals surface area contributed by atoms with Gasteiger partial charge in [-0.1, -0.05) is 19.1 Å². The van der Waals surface area contributed by atoms with Crippen molar-refractivity contribution in [2.45, 2.75) is 46.3 Å². The Morgan fingerprint density at radius 3 is 2.54 bits per heavy atom. The van der Waals surface area contributed by atoms with Crippen LogP contribution in [0.1, 0.15) is 46.9 Å². The van der Waals surface area contributed by atoms with Crippen molar-refractivity contribution in [3.8, 4) is 0 Å². The van der Waals surface area contributed by atoms with Gasteiger partial charge in [-0.15, -0.1) is 35.3 Å². The summed E-state index contributed by atoms with van der Waals surface area (Å²) in [6, 6.07) is 7.84. The highest BCUT2D eigenvalue weighted by atomic mass is 127. The standard InChI is InChI=1S/C20H29N5OS.HI/c1-6-14(2)23-19(26)17-9-7-16(8-10-17)11-22-20(21-4)25(5)12-18-13-27-15(3)24-18;/h7-10,13-14H,6,11-12H2,1-5H3,(H,21,22)(H,23,26);1H. The molecule has 0 spiro atoms. The van der Waals surface area contributed by atoms with Gasteiger partial charge in [0, 0.05) is 37.6 Å². The Kier molecular flexibility index (Phi) is 10.4. The molecule has 1 atom stereocenters. The van der Waals surface area contributed by atoms with Crippen LogP contribution < -0.4 is 10.6 Å². The number of aromatic nitrogens is 1. The molecule has 0 saturated heterocycles. The van der Waals surface area contributed by atoms with E-state index in [-0.39, 0.29) is 35.9 Å². The molecule has 0 fully saturated rings. The molecule has 2 N–H and O–H groups in total. The molecule has 0 bridgehead atoms. The fraction of sp³-hybridized carbons (Fsp3) is 0.450. The van der Waals surface area contributed by atoms with Crippen LogP contribution in [0.2, 0.25) is 0 Å². The number of rotatable bonds is 7. The molecule has 6 nitrogen and oxygen atoms in total. The first-order valence-electron chi connectivity index (χ1n) is 9.15. The van der Waals surface area contributed by atoms with Gasteiger partial charge >= 0.3 is 0 Å². The summed E-state index contributed by atoms with van der Waals surface area (Å²) in [4.78, 5) is 23.0. The van der Waals surface area contributed by atoms with E-state index in [9.17, 15) is 4.79 Å². The van der Waals surface area contributed by atoms with E-state index >= 15 is 0 Å². The second-order valence-corrected chi connectivity index (χ2v) is 7.66. The highest BCUT2D eigenvalue weighted by molar-refractivity contribution is 14.0. The maximum absolute atomic E-state index is 12.1. The third-order valence-electron chi connectivity index (χ3n) is 4.30. The highest BCUT2D eigenvalue weighted by Gasteiger charge is 2.10. The summed E-state index contributed by atoms with van der Waals surface area (Å²) < 4.78 is 0. The lowest BCUT2D eigenvalue weighted by atomic mass is 10.1. The summed E-state index contributed by atoms with van der Waals surface area (Å²) in [6.07, 6.45) is 0.918. The summed E-state index contributed by atoms with van der Waals surface area (Å²) >= 11 is 1.65. The molecule has 0 saturated carbocycles. The Bertz CT molecular complexity index is 775. The van der Waals surface area contributed by atoms with E-state index in [4.69, 9.17) is 0 Å². The predicted molar refractivity (Wildman–Crippen MR) is 128 cm³/mol. The minimum Gasteiger partial charge on any atom is -0.352 e. The number of nitrogens with zero attached hydrogens (tertiary/aromatic N) is 3. The molecule has 1 amide bonds. The van der Waals surface area contributed by atoms with Crippen LogP contribution in [-0.2, 0) is 13.1 Å². The van der Waals surface area contributed by atoms with Crippen molar-refractivity contribution in [3.05, 3.63) is 51.5 Å². The van der Waals surface area contributed by atoms with Crippen LogP contribution in [0.5, 0.6) is 0 Å². The SMILES string of the molecule is CCC(C)NC(=O)c1ccc(CNC(=NC)N(C)Cc2csc(C)n2)cc1.I. The zero-order chi connectivity index (χ0) is 19.8. The quantitative estimate of drug-likeness (QED) is 0.335. The minimum absolute atomic E-state index is 0. The number of benzene rings is 1. The van der Waals surface area contributed by atoms with Gasteiger partial charge in [-0.2, -0.15) is 0 Å². The third kappa shape index (κ3) is 7.38. The molecule has 1 unspecified atom stereocenters. The van der Waals surface area contributed by atoms with Gasteiger partial charge in [-0.25, -0.2) is 4.98 Å². The molecule has 0 aliphatic carbocycles. The molecule has 1 aromatic carbocycles. The Hall–Kier alpha value is -1.68. The zero-order valence-electron chi connectivity index (χ0n) is 17.2. The number of carbonyl (C=O) groups is 1. The molecule has 0 aliphatic rings. The largest absolute Gasteiger partial charge is 0.352 e. The Morgan fingerprint density at radius 1 is 1.32 bits per heavy atom. The van der Waals surface area contributed by atoms with Gasteiger partial charge in [0.1, 0.15) is 0 Å². The van der Waals surface area contributed by atoms with Crippen LogP contribution in [-0.4, -0.2) is 41.9 Å². The lowest BCUT2D eigenvalue weighted by molar-refractivity contribution is 0.0939. The Labute approximate surface area is 188 Å². The molecule has 0 aliphatic heterocycles. The van der Waals surface area contributed by atoms with Crippen LogP contribution in [0.3, 0.4) is 0 Å². The highest BCUT2D eigenvalue weighted by Crippen LogP contribution is 2.10. The fourth-order valence-electron chi connectivity index (χ4n) is 2.55. The van der Waals surface area contributed by atoms with Gasteiger partial charge in [0.2, 0.25) is 0 Å². The van der Waals surface area contributed by atoms with Crippen molar-refractivity contribution in [1.82, 2.24) is 20.5 Å². The number of amides is 1. The predicted octanol–water partition coefficient (Wildman–Crippen LogP) is 3.81. The third-order valence-corrected chi connectivity index (χ3v) is 5.12. The van der Waals surface area contributed by atoms with E-state index in [0.29, 0.717) is 18.7 Å². The van der Waals surface area contributed by atoms with Gasteiger partial charge in [-0.3, -0.25) is 9.79 Å². The van der Waals surface area contributed by atoms with Crippen molar-refractivity contribution in [3.63, 3.8) is 0 Å². The Balaban J connectivity index is 0.00000392. The lowest BCUT2D eigenvalue weighted by Crippen LogP contribution is -2.38. The summed E-state index contributed by atoms with van der Waals surface area (Å²) in [6.45, 7) is 7.41. The summed E-state index contributed by atoms with van der Waals surface area (Å²) in [7, 11) is 3.76. The van der Waals surface area contributed by atoms with Crippen molar-refractivity contribution in [2.24, 2.45) is 4.99 Å². The second kappa shape index (κ2) is 12.0. The normalized spacial score (nSPS) is 12.1.